The summed E-state index contributed by atoms with van der Waals surface area (Å²) in [6.07, 6.45) is 14.7. The van der Waals surface area contributed by atoms with E-state index >= 15 is 0 Å². The minimum absolute atomic E-state index is 0.168. The normalized spacial score (nSPS) is 24.2. The van der Waals surface area contributed by atoms with E-state index in [2.05, 4.69) is 42.5 Å². The van der Waals surface area contributed by atoms with Gasteiger partial charge in [-0.1, -0.05) is 12.1 Å². The number of aliphatic imine (C=N–C) groups is 1. The van der Waals surface area contributed by atoms with Gasteiger partial charge < -0.3 is 4.90 Å². The average Bonchev–Trinajstić information content (AvgIpc) is 3.54. The number of fused-ring (bicyclic) bond motifs is 1. The summed E-state index contributed by atoms with van der Waals surface area (Å²) < 4.78 is 13.6. The topological polar surface area (TPSA) is 51.1 Å². The van der Waals surface area contributed by atoms with Crippen LogP contribution in [0.15, 0.2) is 71.9 Å². The Morgan fingerprint density at radius 3 is 2.42 bits per heavy atom. The molecule has 6 rings (SSSR count). The Kier molecular flexibility index (Phi) is 5.39. The van der Waals surface area contributed by atoms with Crippen LogP contribution >= 0.6 is 0 Å². The van der Waals surface area contributed by atoms with Crippen LogP contribution in [0.3, 0.4) is 0 Å². The first kappa shape index (κ1) is 20.5. The number of halogens is 1. The van der Waals surface area contributed by atoms with Gasteiger partial charge in [-0.15, -0.1) is 0 Å². The van der Waals surface area contributed by atoms with Crippen molar-refractivity contribution in [2.75, 3.05) is 26.2 Å². The molecule has 0 aliphatic carbocycles. The third kappa shape index (κ3) is 3.83. The van der Waals surface area contributed by atoms with Gasteiger partial charge in [0.05, 0.1) is 11.9 Å². The van der Waals surface area contributed by atoms with Gasteiger partial charge in [0.2, 0.25) is 0 Å². The molecular formula is C25H28FN7. The fourth-order valence-corrected chi connectivity index (χ4v) is 5.46. The lowest BCUT2D eigenvalue weighted by atomic mass is 9.98. The number of nitrogens with zero attached hydrogens (tertiary/aromatic N) is 7. The molecule has 2 fully saturated rings. The first-order valence-electron chi connectivity index (χ1n) is 11.8. The molecule has 5 heterocycles. The quantitative estimate of drug-likeness (QED) is 0.718. The first-order valence-corrected chi connectivity index (χ1v) is 11.8. The van der Waals surface area contributed by atoms with Crippen LogP contribution in [-0.4, -0.2) is 68.2 Å². The zero-order valence-corrected chi connectivity index (χ0v) is 18.6. The van der Waals surface area contributed by atoms with Gasteiger partial charge in [0.15, 0.2) is 0 Å². The molecule has 2 saturated heterocycles. The summed E-state index contributed by atoms with van der Waals surface area (Å²) in [6, 6.07) is 9.09. The molecule has 2 aromatic rings. The minimum atomic E-state index is -0.249. The Balaban J connectivity index is 1.30. The fraction of sp³-hybridized carbons (Fsp3) is 0.400. The highest BCUT2D eigenvalue weighted by Crippen LogP contribution is 2.39. The van der Waals surface area contributed by atoms with Crippen molar-refractivity contribution in [3.8, 4) is 0 Å². The fourth-order valence-electron chi connectivity index (χ4n) is 5.46. The summed E-state index contributed by atoms with van der Waals surface area (Å²) in [7, 11) is 0. The minimum Gasteiger partial charge on any atom is -0.300 e. The van der Waals surface area contributed by atoms with Gasteiger partial charge in [0.25, 0.3) is 0 Å². The van der Waals surface area contributed by atoms with E-state index in [1.54, 1.807) is 24.5 Å². The van der Waals surface area contributed by atoms with Crippen molar-refractivity contribution in [2.45, 2.75) is 37.8 Å². The van der Waals surface area contributed by atoms with Crippen LogP contribution in [0.2, 0.25) is 0 Å². The lowest BCUT2D eigenvalue weighted by Crippen LogP contribution is -2.55. The van der Waals surface area contributed by atoms with E-state index < -0.39 is 0 Å². The number of hydrogen-bond donors (Lipinski definition) is 0. The summed E-state index contributed by atoms with van der Waals surface area (Å²) in [5.74, 6) is 0.626. The predicted octanol–water partition coefficient (Wildman–Crippen LogP) is 3.52. The third-order valence-corrected chi connectivity index (χ3v) is 7.11. The number of allylic oxidation sites excluding steroid dienone is 2. The largest absolute Gasteiger partial charge is 0.300 e. The molecule has 0 spiro atoms. The molecule has 4 aliphatic rings. The highest BCUT2D eigenvalue weighted by atomic mass is 19.1. The first-order chi connectivity index (χ1) is 16.3. The van der Waals surface area contributed by atoms with Gasteiger partial charge in [-0.3, -0.25) is 0 Å². The van der Waals surface area contributed by atoms with Crippen molar-refractivity contribution >= 4 is 5.71 Å². The summed E-state index contributed by atoms with van der Waals surface area (Å²) in [4.78, 5) is 7.67. The van der Waals surface area contributed by atoms with Crippen molar-refractivity contribution < 1.29 is 4.39 Å². The lowest BCUT2D eigenvalue weighted by molar-refractivity contribution is -0.150. The summed E-state index contributed by atoms with van der Waals surface area (Å²) in [5.41, 5.74) is 2.79. The number of hydrazine groups is 2. The number of hydrogen-bond acceptors (Lipinski definition) is 7. The summed E-state index contributed by atoms with van der Waals surface area (Å²) in [5, 5.41) is 15.0. The Labute approximate surface area is 193 Å². The number of likely N-dealkylation sites (tertiary alicyclic amines) is 1. The molecular weight excluding hydrogens is 417 g/mol. The van der Waals surface area contributed by atoms with Gasteiger partial charge in [0.1, 0.15) is 17.7 Å². The maximum Gasteiger partial charge on any atom is 0.149 e. The van der Waals surface area contributed by atoms with E-state index in [1.165, 1.54) is 50.9 Å². The highest BCUT2D eigenvalue weighted by molar-refractivity contribution is 6.06. The molecule has 0 bridgehead atoms. The number of aromatic nitrogens is 2. The second kappa shape index (κ2) is 8.68. The Morgan fingerprint density at radius 1 is 0.909 bits per heavy atom. The molecule has 4 aliphatic heterocycles. The van der Waals surface area contributed by atoms with Gasteiger partial charge in [-0.2, -0.15) is 10.2 Å². The molecule has 0 N–H and O–H groups in total. The van der Waals surface area contributed by atoms with Gasteiger partial charge in [-0.25, -0.2) is 24.5 Å². The van der Waals surface area contributed by atoms with Gasteiger partial charge in [0, 0.05) is 37.1 Å². The molecule has 8 heteroatoms. The molecule has 170 valence electrons. The average molecular weight is 446 g/mol. The van der Waals surface area contributed by atoms with Crippen molar-refractivity contribution in [1.82, 2.24) is 30.2 Å². The molecule has 1 atom stereocenters. The van der Waals surface area contributed by atoms with E-state index in [1.807, 2.05) is 12.1 Å². The second-order valence-electron chi connectivity index (χ2n) is 9.04. The molecule has 7 nitrogen and oxygen atoms in total. The van der Waals surface area contributed by atoms with Crippen LogP contribution in [0.1, 0.15) is 42.9 Å². The molecule has 0 amide bonds. The maximum absolute atomic E-state index is 13.6. The summed E-state index contributed by atoms with van der Waals surface area (Å²) >= 11 is 0. The summed E-state index contributed by atoms with van der Waals surface area (Å²) in [6.45, 7) is 4.50. The number of piperidine rings is 1. The molecule has 0 saturated carbocycles. The van der Waals surface area contributed by atoms with Crippen LogP contribution in [0.25, 0.3) is 0 Å². The van der Waals surface area contributed by atoms with Crippen molar-refractivity contribution in [2.24, 2.45) is 4.99 Å². The van der Waals surface area contributed by atoms with Crippen molar-refractivity contribution in [3.05, 3.63) is 83.8 Å². The van der Waals surface area contributed by atoms with E-state index in [4.69, 9.17) is 4.99 Å². The van der Waals surface area contributed by atoms with Crippen molar-refractivity contribution in [1.29, 1.82) is 0 Å². The standard InChI is InChI=1S/C25H28FN7/c26-21-7-5-19(6-8-21)24-25(20-9-12-27-28-18-20)33-23(29-24)4-3-15-32(33)31-16-10-22(11-17-31)30-13-1-2-14-30/h3-9,12,15,18,22,25H,1-2,10-11,13-14,16-17H2. The van der Waals surface area contributed by atoms with E-state index in [-0.39, 0.29) is 11.9 Å². The number of rotatable bonds is 4. The molecule has 0 radical (unpaired) electrons. The van der Waals surface area contributed by atoms with E-state index in [9.17, 15) is 4.39 Å². The maximum atomic E-state index is 13.6. The van der Waals surface area contributed by atoms with Gasteiger partial charge in [-0.05, 0) is 74.7 Å². The molecule has 1 unspecified atom stereocenters. The van der Waals surface area contributed by atoms with Crippen LogP contribution in [-0.2, 0) is 0 Å². The molecule has 33 heavy (non-hydrogen) atoms. The predicted molar refractivity (Wildman–Crippen MR) is 124 cm³/mol. The second-order valence-corrected chi connectivity index (χ2v) is 9.04. The SMILES string of the molecule is Fc1ccc(C2=NC3=CC=CN(N4CCC(N5CCCC5)CC4)N3C2c2ccnnc2)cc1. The van der Waals surface area contributed by atoms with Crippen LogP contribution < -0.4 is 0 Å². The molecule has 1 aromatic heterocycles. The highest BCUT2D eigenvalue weighted by Gasteiger charge is 2.41. The Bertz CT molecular complexity index is 1070. The van der Waals surface area contributed by atoms with Crippen LogP contribution in [0, 0.1) is 5.82 Å². The Hall–Kier alpha value is -3.10. The van der Waals surface area contributed by atoms with Crippen LogP contribution in [0.4, 0.5) is 4.39 Å². The Morgan fingerprint density at radius 2 is 1.70 bits per heavy atom. The van der Waals surface area contributed by atoms with Crippen molar-refractivity contribution in [3.63, 3.8) is 0 Å². The lowest BCUT2D eigenvalue weighted by Gasteiger charge is -2.47. The van der Waals surface area contributed by atoms with E-state index in [0.29, 0.717) is 6.04 Å². The zero-order valence-electron chi connectivity index (χ0n) is 18.6. The van der Waals surface area contributed by atoms with Gasteiger partial charge >= 0.3 is 0 Å². The third-order valence-electron chi connectivity index (χ3n) is 7.11. The molecule has 1 aromatic carbocycles. The van der Waals surface area contributed by atoms with E-state index in [0.717, 1.165) is 35.7 Å². The zero-order chi connectivity index (χ0) is 22.2. The number of benzene rings is 1. The monoisotopic (exact) mass is 445 g/mol. The van der Waals surface area contributed by atoms with Crippen LogP contribution in [0.5, 0.6) is 0 Å². The smallest absolute Gasteiger partial charge is 0.149 e.